The highest BCUT2D eigenvalue weighted by molar-refractivity contribution is 5.60. The van der Waals surface area contributed by atoms with Gasteiger partial charge in [-0.3, -0.25) is 4.90 Å². The Balaban J connectivity index is 2.24. The van der Waals surface area contributed by atoms with Crippen LogP contribution in [0.5, 0.6) is 0 Å². The number of anilines is 1. The van der Waals surface area contributed by atoms with Crippen molar-refractivity contribution in [3.05, 3.63) is 29.6 Å². The van der Waals surface area contributed by atoms with Crippen LogP contribution in [0.15, 0.2) is 18.2 Å². The van der Waals surface area contributed by atoms with E-state index < -0.39 is 5.82 Å². The summed E-state index contributed by atoms with van der Waals surface area (Å²) in [5.41, 5.74) is 0.884. The highest BCUT2D eigenvalue weighted by Crippen LogP contribution is 2.24. The van der Waals surface area contributed by atoms with E-state index in [4.69, 9.17) is 5.26 Å². The molecule has 0 radical (unpaired) electrons. The average Bonchev–Trinajstić information content (AvgIpc) is 2.38. The Labute approximate surface area is 107 Å². The molecule has 1 fully saturated rings. The van der Waals surface area contributed by atoms with E-state index in [2.05, 4.69) is 23.6 Å². The molecule has 1 aliphatic heterocycles. The number of hydrogen-bond acceptors (Lipinski definition) is 3. The second-order valence-corrected chi connectivity index (χ2v) is 4.67. The minimum Gasteiger partial charge on any atom is -0.368 e. The predicted octanol–water partition coefficient (Wildman–Crippen LogP) is 2.23. The lowest BCUT2D eigenvalue weighted by molar-refractivity contribution is 0.199. The molecule has 1 aromatic rings. The van der Waals surface area contributed by atoms with Gasteiger partial charge in [0.05, 0.1) is 5.69 Å². The molecule has 1 aliphatic rings. The largest absolute Gasteiger partial charge is 0.368 e. The molecule has 0 bridgehead atoms. The standard InChI is InChI=1S/C14H18FN3/c1-3-17-7-8-18(10-11(17)2)14-6-4-5-13(15)12(14)9-16/h4-6,11H,3,7-8,10H2,1-2H3. The van der Waals surface area contributed by atoms with Crippen LogP contribution < -0.4 is 4.90 Å². The van der Waals surface area contributed by atoms with Gasteiger partial charge in [0.1, 0.15) is 17.4 Å². The Bertz CT molecular complexity index is 467. The minimum atomic E-state index is -0.430. The lowest BCUT2D eigenvalue weighted by Gasteiger charge is -2.40. The normalized spacial score (nSPS) is 20.8. The maximum absolute atomic E-state index is 13.6. The van der Waals surface area contributed by atoms with E-state index in [9.17, 15) is 4.39 Å². The zero-order valence-corrected chi connectivity index (χ0v) is 10.9. The molecule has 4 heteroatoms. The molecule has 2 rings (SSSR count). The summed E-state index contributed by atoms with van der Waals surface area (Å²) in [5, 5.41) is 9.07. The van der Waals surface area contributed by atoms with E-state index in [1.165, 1.54) is 6.07 Å². The Morgan fingerprint density at radius 1 is 1.44 bits per heavy atom. The van der Waals surface area contributed by atoms with E-state index in [0.29, 0.717) is 6.04 Å². The van der Waals surface area contributed by atoms with Crippen LogP contribution >= 0.6 is 0 Å². The van der Waals surface area contributed by atoms with Gasteiger partial charge in [-0.05, 0) is 25.6 Å². The molecule has 0 saturated carbocycles. The maximum Gasteiger partial charge on any atom is 0.143 e. The molecule has 0 aliphatic carbocycles. The summed E-state index contributed by atoms with van der Waals surface area (Å²) in [5.74, 6) is -0.430. The molecule has 1 unspecified atom stereocenters. The zero-order valence-electron chi connectivity index (χ0n) is 10.9. The molecule has 0 N–H and O–H groups in total. The number of likely N-dealkylation sites (N-methyl/N-ethyl adjacent to an activating group) is 1. The van der Waals surface area contributed by atoms with Crippen LogP contribution in [0.4, 0.5) is 10.1 Å². The quantitative estimate of drug-likeness (QED) is 0.803. The third-order valence-corrected chi connectivity index (χ3v) is 3.62. The van der Waals surface area contributed by atoms with Gasteiger partial charge < -0.3 is 4.90 Å². The summed E-state index contributed by atoms with van der Waals surface area (Å²) < 4.78 is 13.6. The second-order valence-electron chi connectivity index (χ2n) is 4.67. The number of rotatable bonds is 2. The molecule has 1 atom stereocenters. The molecular weight excluding hydrogens is 229 g/mol. The molecule has 96 valence electrons. The first-order valence-corrected chi connectivity index (χ1v) is 6.35. The average molecular weight is 247 g/mol. The summed E-state index contributed by atoms with van der Waals surface area (Å²) in [7, 11) is 0. The highest BCUT2D eigenvalue weighted by atomic mass is 19.1. The highest BCUT2D eigenvalue weighted by Gasteiger charge is 2.24. The minimum absolute atomic E-state index is 0.162. The molecule has 1 heterocycles. The van der Waals surface area contributed by atoms with Crippen molar-refractivity contribution >= 4 is 5.69 Å². The van der Waals surface area contributed by atoms with Gasteiger partial charge in [0.15, 0.2) is 0 Å². The lowest BCUT2D eigenvalue weighted by atomic mass is 10.1. The van der Waals surface area contributed by atoms with E-state index >= 15 is 0 Å². The summed E-state index contributed by atoms with van der Waals surface area (Å²) >= 11 is 0. The number of nitrogens with zero attached hydrogens (tertiary/aromatic N) is 3. The fourth-order valence-electron chi connectivity index (χ4n) is 2.57. The van der Waals surface area contributed by atoms with Gasteiger partial charge in [0.2, 0.25) is 0 Å². The first-order chi connectivity index (χ1) is 8.67. The van der Waals surface area contributed by atoms with Gasteiger partial charge in [0, 0.05) is 25.7 Å². The molecular formula is C14H18FN3. The summed E-state index contributed by atoms with van der Waals surface area (Å²) in [6.45, 7) is 7.99. The van der Waals surface area contributed by atoms with Crippen molar-refractivity contribution in [3.63, 3.8) is 0 Å². The van der Waals surface area contributed by atoms with E-state index in [1.807, 2.05) is 12.1 Å². The fraction of sp³-hybridized carbons (Fsp3) is 0.500. The first-order valence-electron chi connectivity index (χ1n) is 6.35. The molecule has 0 spiro atoms. The molecule has 1 saturated heterocycles. The van der Waals surface area contributed by atoms with Gasteiger partial charge in [-0.1, -0.05) is 13.0 Å². The molecule has 3 nitrogen and oxygen atoms in total. The van der Waals surface area contributed by atoms with Crippen molar-refractivity contribution in [2.45, 2.75) is 19.9 Å². The van der Waals surface area contributed by atoms with Gasteiger partial charge in [-0.2, -0.15) is 5.26 Å². The van der Waals surface area contributed by atoms with Gasteiger partial charge in [0.25, 0.3) is 0 Å². The first kappa shape index (κ1) is 12.8. The van der Waals surface area contributed by atoms with Crippen molar-refractivity contribution in [1.29, 1.82) is 5.26 Å². The Morgan fingerprint density at radius 2 is 2.22 bits per heavy atom. The maximum atomic E-state index is 13.6. The summed E-state index contributed by atoms with van der Waals surface area (Å²) in [6, 6.07) is 7.24. The van der Waals surface area contributed by atoms with Crippen LogP contribution in [0, 0.1) is 17.1 Å². The van der Waals surface area contributed by atoms with E-state index in [0.717, 1.165) is 31.9 Å². The van der Waals surface area contributed by atoms with Crippen molar-refractivity contribution in [2.75, 3.05) is 31.1 Å². The number of benzene rings is 1. The topological polar surface area (TPSA) is 30.3 Å². The van der Waals surface area contributed by atoms with Gasteiger partial charge in [-0.15, -0.1) is 0 Å². The number of hydrogen-bond donors (Lipinski definition) is 0. The summed E-state index contributed by atoms with van der Waals surface area (Å²) in [4.78, 5) is 4.50. The van der Waals surface area contributed by atoms with E-state index in [1.54, 1.807) is 6.07 Å². The number of piperazine rings is 1. The van der Waals surface area contributed by atoms with Crippen molar-refractivity contribution in [2.24, 2.45) is 0 Å². The third kappa shape index (κ3) is 2.32. The van der Waals surface area contributed by atoms with E-state index in [-0.39, 0.29) is 5.56 Å². The zero-order chi connectivity index (χ0) is 13.1. The van der Waals surface area contributed by atoms with Crippen LogP contribution in [0.1, 0.15) is 19.4 Å². The number of halogens is 1. The molecule has 0 aromatic heterocycles. The summed E-state index contributed by atoms with van der Waals surface area (Å²) in [6.07, 6.45) is 0. The number of nitriles is 1. The van der Waals surface area contributed by atoms with Gasteiger partial charge in [-0.25, -0.2) is 4.39 Å². The van der Waals surface area contributed by atoms with Crippen LogP contribution in [0.3, 0.4) is 0 Å². The van der Waals surface area contributed by atoms with Crippen LogP contribution in [0.2, 0.25) is 0 Å². The van der Waals surface area contributed by atoms with Crippen molar-refractivity contribution < 1.29 is 4.39 Å². The second kappa shape index (κ2) is 5.36. The Morgan fingerprint density at radius 3 is 2.83 bits per heavy atom. The molecule has 1 aromatic carbocycles. The van der Waals surface area contributed by atoms with Gasteiger partial charge >= 0.3 is 0 Å². The SMILES string of the molecule is CCN1CCN(c2cccc(F)c2C#N)CC1C. The molecule has 0 amide bonds. The fourth-order valence-corrected chi connectivity index (χ4v) is 2.57. The smallest absolute Gasteiger partial charge is 0.143 e. The Hall–Kier alpha value is -1.60. The van der Waals surface area contributed by atoms with Crippen molar-refractivity contribution in [1.82, 2.24) is 4.90 Å². The van der Waals surface area contributed by atoms with Crippen LogP contribution in [-0.4, -0.2) is 37.1 Å². The third-order valence-electron chi connectivity index (χ3n) is 3.62. The van der Waals surface area contributed by atoms with Crippen LogP contribution in [-0.2, 0) is 0 Å². The monoisotopic (exact) mass is 247 g/mol. The van der Waals surface area contributed by atoms with Crippen molar-refractivity contribution in [3.8, 4) is 6.07 Å². The molecule has 18 heavy (non-hydrogen) atoms. The predicted molar refractivity (Wildman–Crippen MR) is 70.0 cm³/mol. The van der Waals surface area contributed by atoms with Crippen LogP contribution in [0.25, 0.3) is 0 Å². The Kier molecular flexibility index (Phi) is 3.83. The lowest BCUT2D eigenvalue weighted by Crippen LogP contribution is -2.51.